The summed E-state index contributed by atoms with van der Waals surface area (Å²) >= 11 is 0. The zero-order valence-electron chi connectivity index (χ0n) is 14.0. The topological polar surface area (TPSA) is 67.3 Å². The lowest BCUT2D eigenvalue weighted by molar-refractivity contribution is 0.102. The van der Waals surface area contributed by atoms with Gasteiger partial charge in [0, 0.05) is 18.7 Å². The Kier molecular flexibility index (Phi) is 4.93. The van der Waals surface area contributed by atoms with E-state index in [1.807, 2.05) is 6.07 Å². The van der Waals surface area contributed by atoms with Gasteiger partial charge < -0.3 is 15.0 Å². The van der Waals surface area contributed by atoms with Gasteiger partial charge in [0.2, 0.25) is 0 Å². The number of amides is 1. The number of piperidine rings is 1. The molecule has 2 aromatic rings. The van der Waals surface area contributed by atoms with Crippen molar-refractivity contribution in [1.29, 1.82) is 0 Å². The molecule has 6 heteroatoms. The minimum absolute atomic E-state index is 0.216. The normalized spacial score (nSPS) is 15.2. The van der Waals surface area contributed by atoms with Crippen LogP contribution in [0.4, 0.5) is 11.6 Å². The minimum atomic E-state index is -0.216. The number of hydrogen-bond donors (Lipinski definition) is 1. The Hall–Kier alpha value is -2.63. The Labute approximate surface area is 141 Å². The molecule has 1 aromatic carbocycles. The molecule has 126 valence electrons. The number of nitrogens with one attached hydrogen (secondary N) is 1. The number of hydrogen-bond acceptors (Lipinski definition) is 5. The fraction of sp³-hybridized carbons (Fsp3) is 0.389. The van der Waals surface area contributed by atoms with Gasteiger partial charge in [0.25, 0.3) is 5.91 Å². The molecule has 1 aliphatic rings. The summed E-state index contributed by atoms with van der Waals surface area (Å²) in [4.78, 5) is 14.4. The molecule has 2 heterocycles. The Balaban J connectivity index is 1.62. The van der Waals surface area contributed by atoms with Crippen molar-refractivity contribution < 1.29 is 9.53 Å². The van der Waals surface area contributed by atoms with Crippen molar-refractivity contribution in [3.8, 4) is 5.75 Å². The van der Waals surface area contributed by atoms with Gasteiger partial charge in [-0.15, -0.1) is 10.2 Å². The molecule has 24 heavy (non-hydrogen) atoms. The summed E-state index contributed by atoms with van der Waals surface area (Å²) in [7, 11) is 1.59. The summed E-state index contributed by atoms with van der Waals surface area (Å²) in [6.45, 7) is 4.29. The van der Waals surface area contributed by atoms with Crippen molar-refractivity contribution in [3.05, 3.63) is 42.0 Å². The molecule has 1 aromatic heterocycles. The number of anilines is 2. The zero-order valence-corrected chi connectivity index (χ0v) is 14.0. The summed E-state index contributed by atoms with van der Waals surface area (Å²) < 4.78 is 5.09. The summed E-state index contributed by atoms with van der Waals surface area (Å²) in [5.41, 5.74) is 0.548. The fourth-order valence-corrected chi connectivity index (χ4v) is 2.73. The van der Waals surface area contributed by atoms with E-state index in [0.29, 0.717) is 17.1 Å². The Morgan fingerprint density at radius 1 is 1.12 bits per heavy atom. The molecule has 0 spiro atoms. The number of methoxy groups -OCH3 is 1. The highest BCUT2D eigenvalue weighted by Gasteiger charge is 2.17. The Bertz CT molecular complexity index is 677. The van der Waals surface area contributed by atoms with Crippen molar-refractivity contribution in [2.45, 2.75) is 19.8 Å². The van der Waals surface area contributed by atoms with Gasteiger partial charge >= 0.3 is 0 Å². The Morgan fingerprint density at radius 3 is 2.42 bits per heavy atom. The molecule has 1 amide bonds. The first-order valence-electron chi connectivity index (χ1n) is 8.20. The second-order valence-corrected chi connectivity index (χ2v) is 6.13. The highest BCUT2D eigenvalue weighted by atomic mass is 16.5. The molecule has 0 radical (unpaired) electrons. The number of nitrogens with zero attached hydrogens (tertiary/aromatic N) is 3. The number of rotatable bonds is 4. The van der Waals surface area contributed by atoms with Crippen LogP contribution in [0.2, 0.25) is 0 Å². The highest BCUT2D eigenvalue weighted by Crippen LogP contribution is 2.21. The van der Waals surface area contributed by atoms with E-state index in [1.165, 1.54) is 12.8 Å². The first kappa shape index (κ1) is 16.2. The minimum Gasteiger partial charge on any atom is -0.497 e. The number of carbonyl (C=O) groups is 1. The van der Waals surface area contributed by atoms with Gasteiger partial charge in [-0.2, -0.15) is 0 Å². The van der Waals surface area contributed by atoms with E-state index in [2.05, 4.69) is 27.3 Å². The lowest BCUT2D eigenvalue weighted by Crippen LogP contribution is -2.33. The number of ether oxygens (including phenoxy) is 1. The molecule has 0 aliphatic carbocycles. The van der Waals surface area contributed by atoms with Crippen LogP contribution in [0.5, 0.6) is 5.75 Å². The summed E-state index contributed by atoms with van der Waals surface area (Å²) in [5, 5.41) is 11.1. The molecule has 1 saturated heterocycles. The van der Waals surface area contributed by atoms with Gasteiger partial charge in [0.15, 0.2) is 11.6 Å². The maximum Gasteiger partial charge on any atom is 0.256 e. The van der Waals surface area contributed by atoms with Gasteiger partial charge in [-0.05, 0) is 55.2 Å². The van der Waals surface area contributed by atoms with Gasteiger partial charge in [-0.1, -0.05) is 6.92 Å². The summed E-state index contributed by atoms with van der Waals surface area (Å²) in [5.74, 6) is 2.59. The summed E-state index contributed by atoms with van der Waals surface area (Å²) in [6.07, 6.45) is 2.36. The third-order valence-electron chi connectivity index (χ3n) is 4.35. The average Bonchev–Trinajstić information content (AvgIpc) is 2.63. The lowest BCUT2D eigenvalue weighted by atomic mass is 9.99. The molecule has 0 atom stereocenters. The zero-order chi connectivity index (χ0) is 16.9. The van der Waals surface area contributed by atoms with Crippen molar-refractivity contribution in [1.82, 2.24) is 10.2 Å². The quantitative estimate of drug-likeness (QED) is 0.935. The van der Waals surface area contributed by atoms with E-state index in [9.17, 15) is 4.79 Å². The van der Waals surface area contributed by atoms with Crippen molar-refractivity contribution in [3.63, 3.8) is 0 Å². The molecule has 1 fully saturated rings. The number of carbonyl (C=O) groups excluding carboxylic acids is 1. The van der Waals surface area contributed by atoms with Crippen LogP contribution in [0.25, 0.3) is 0 Å². The van der Waals surface area contributed by atoms with E-state index in [0.717, 1.165) is 24.8 Å². The first-order valence-corrected chi connectivity index (χ1v) is 8.20. The van der Waals surface area contributed by atoms with Crippen LogP contribution in [-0.4, -0.2) is 36.3 Å². The maximum atomic E-state index is 12.2. The van der Waals surface area contributed by atoms with E-state index in [4.69, 9.17) is 4.74 Å². The van der Waals surface area contributed by atoms with Crippen LogP contribution in [0.1, 0.15) is 30.1 Å². The third-order valence-corrected chi connectivity index (χ3v) is 4.35. The molecule has 0 saturated carbocycles. The second kappa shape index (κ2) is 7.29. The van der Waals surface area contributed by atoms with E-state index in [-0.39, 0.29) is 5.91 Å². The van der Waals surface area contributed by atoms with Crippen molar-refractivity contribution in [2.75, 3.05) is 30.4 Å². The van der Waals surface area contributed by atoms with Crippen molar-refractivity contribution >= 4 is 17.5 Å². The van der Waals surface area contributed by atoms with E-state index in [1.54, 1.807) is 37.4 Å². The van der Waals surface area contributed by atoms with Crippen LogP contribution in [-0.2, 0) is 0 Å². The van der Waals surface area contributed by atoms with E-state index >= 15 is 0 Å². The Morgan fingerprint density at radius 2 is 1.83 bits per heavy atom. The van der Waals surface area contributed by atoms with Crippen LogP contribution in [0.3, 0.4) is 0 Å². The SMILES string of the molecule is COc1ccc(C(=O)Nc2ccc(N3CCC(C)CC3)nn2)cc1. The van der Waals surface area contributed by atoms with Crippen molar-refractivity contribution in [2.24, 2.45) is 5.92 Å². The van der Waals surface area contributed by atoms with Gasteiger partial charge in [0.05, 0.1) is 7.11 Å². The van der Waals surface area contributed by atoms with Crippen LogP contribution >= 0.6 is 0 Å². The van der Waals surface area contributed by atoms with Gasteiger partial charge in [-0.3, -0.25) is 4.79 Å². The monoisotopic (exact) mass is 326 g/mol. The molecular formula is C18H22N4O2. The molecule has 1 N–H and O–H groups in total. The smallest absolute Gasteiger partial charge is 0.256 e. The predicted octanol–water partition coefficient (Wildman–Crippen LogP) is 2.97. The van der Waals surface area contributed by atoms with Crippen LogP contribution in [0.15, 0.2) is 36.4 Å². The van der Waals surface area contributed by atoms with Crippen LogP contribution in [0, 0.1) is 5.92 Å². The lowest BCUT2D eigenvalue weighted by Gasteiger charge is -2.30. The van der Waals surface area contributed by atoms with Crippen LogP contribution < -0.4 is 15.0 Å². The molecule has 0 unspecified atom stereocenters. The first-order chi connectivity index (χ1) is 11.7. The molecular weight excluding hydrogens is 304 g/mol. The standard InChI is InChI=1S/C18H22N4O2/c1-13-9-11-22(12-10-13)17-8-7-16(20-21-17)19-18(23)14-3-5-15(24-2)6-4-14/h3-8,13H,9-12H2,1-2H3,(H,19,20,23). The number of benzene rings is 1. The third kappa shape index (κ3) is 3.82. The number of aromatic nitrogens is 2. The molecule has 6 nitrogen and oxygen atoms in total. The summed E-state index contributed by atoms with van der Waals surface area (Å²) in [6, 6.07) is 10.6. The van der Waals surface area contributed by atoms with Gasteiger partial charge in [-0.25, -0.2) is 0 Å². The fourth-order valence-electron chi connectivity index (χ4n) is 2.73. The second-order valence-electron chi connectivity index (χ2n) is 6.13. The predicted molar refractivity (Wildman–Crippen MR) is 93.6 cm³/mol. The molecule has 0 bridgehead atoms. The molecule has 1 aliphatic heterocycles. The average molecular weight is 326 g/mol. The highest BCUT2D eigenvalue weighted by molar-refractivity contribution is 6.03. The maximum absolute atomic E-state index is 12.2. The van der Waals surface area contributed by atoms with E-state index < -0.39 is 0 Å². The largest absolute Gasteiger partial charge is 0.497 e. The molecule has 3 rings (SSSR count). The van der Waals surface area contributed by atoms with Gasteiger partial charge in [0.1, 0.15) is 5.75 Å².